The molecule has 0 saturated heterocycles. The van der Waals surface area contributed by atoms with Gasteiger partial charge in [-0.3, -0.25) is 0 Å². The molecule has 4 nitrogen and oxygen atoms in total. The van der Waals surface area contributed by atoms with Gasteiger partial charge in [-0.05, 0) is 25.3 Å². The SMILES string of the molecule is NCC1CCCCC1NCCn1ccnc1. The Hall–Kier alpha value is -0.870. The molecule has 0 radical (unpaired) electrons. The molecule has 0 amide bonds. The first-order valence-electron chi connectivity index (χ1n) is 6.29. The number of hydrogen-bond acceptors (Lipinski definition) is 3. The predicted molar refractivity (Wildman–Crippen MR) is 65.0 cm³/mol. The maximum absolute atomic E-state index is 5.80. The zero-order valence-electron chi connectivity index (χ0n) is 9.81. The Morgan fingerprint density at radius 1 is 1.38 bits per heavy atom. The van der Waals surface area contributed by atoms with Crippen molar-refractivity contribution < 1.29 is 0 Å². The molecule has 1 aromatic rings. The molecule has 1 aromatic heterocycles. The first-order chi connectivity index (χ1) is 7.90. The fourth-order valence-corrected chi connectivity index (χ4v) is 2.56. The maximum atomic E-state index is 5.80. The summed E-state index contributed by atoms with van der Waals surface area (Å²) in [7, 11) is 0. The van der Waals surface area contributed by atoms with Gasteiger partial charge in [0, 0.05) is 31.5 Å². The smallest absolute Gasteiger partial charge is 0.0946 e. The fourth-order valence-electron chi connectivity index (χ4n) is 2.56. The Bertz CT molecular complexity index is 283. The van der Waals surface area contributed by atoms with Gasteiger partial charge in [0.25, 0.3) is 0 Å². The first-order valence-corrected chi connectivity index (χ1v) is 6.29. The Morgan fingerprint density at radius 3 is 3.00 bits per heavy atom. The summed E-state index contributed by atoms with van der Waals surface area (Å²) >= 11 is 0. The quantitative estimate of drug-likeness (QED) is 0.781. The predicted octanol–water partition coefficient (Wildman–Crippen LogP) is 0.990. The third-order valence-electron chi connectivity index (χ3n) is 3.55. The van der Waals surface area contributed by atoms with Gasteiger partial charge >= 0.3 is 0 Å². The van der Waals surface area contributed by atoms with Crippen LogP contribution in [0.1, 0.15) is 25.7 Å². The number of nitrogens with one attached hydrogen (secondary N) is 1. The van der Waals surface area contributed by atoms with Crippen LogP contribution in [0.2, 0.25) is 0 Å². The minimum absolute atomic E-state index is 0.627. The lowest BCUT2D eigenvalue weighted by Crippen LogP contribution is -2.42. The number of nitrogens with two attached hydrogens (primary N) is 1. The van der Waals surface area contributed by atoms with E-state index in [9.17, 15) is 0 Å². The summed E-state index contributed by atoms with van der Waals surface area (Å²) in [5.41, 5.74) is 5.80. The van der Waals surface area contributed by atoms with Gasteiger partial charge in [0.1, 0.15) is 0 Å². The number of hydrogen-bond donors (Lipinski definition) is 2. The maximum Gasteiger partial charge on any atom is 0.0946 e. The topological polar surface area (TPSA) is 55.9 Å². The normalized spacial score (nSPS) is 25.8. The average Bonchev–Trinajstić information content (AvgIpc) is 2.83. The lowest BCUT2D eigenvalue weighted by molar-refractivity contribution is 0.266. The zero-order chi connectivity index (χ0) is 11.2. The van der Waals surface area contributed by atoms with Crippen molar-refractivity contribution in [3.63, 3.8) is 0 Å². The molecule has 1 heterocycles. The Balaban J connectivity index is 1.71. The molecule has 3 N–H and O–H groups in total. The summed E-state index contributed by atoms with van der Waals surface area (Å²) in [6.07, 6.45) is 11.0. The van der Waals surface area contributed by atoms with Crippen LogP contribution in [0.5, 0.6) is 0 Å². The van der Waals surface area contributed by atoms with E-state index >= 15 is 0 Å². The molecule has 1 aliphatic rings. The number of rotatable bonds is 5. The molecule has 16 heavy (non-hydrogen) atoms. The largest absolute Gasteiger partial charge is 0.336 e. The highest BCUT2D eigenvalue weighted by Gasteiger charge is 2.22. The van der Waals surface area contributed by atoms with Gasteiger partial charge in [-0.25, -0.2) is 4.98 Å². The van der Waals surface area contributed by atoms with Gasteiger partial charge in [0.2, 0.25) is 0 Å². The minimum Gasteiger partial charge on any atom is -0.336 e. The Morgan fingerprint density at radius 2 is 2.25 bits per heavy atom. The second-order valence-electron chi connectivity index (χ2n) is 4.64. The molecule has 2 unspecified atom stereocenters. The molecular weight excluding hydrogens is 200 g/mol. The molecule has 0 bridgehead atoms. The van der Waals surface area contributed by atoms with E-state index in [1.54, 1.807) is 0 Å². The van der Waals surface area contributed by atoms with E-state index in [1.165, 1.54) is 25.7 Å². The molecule has 1 aliphatic carbocycles. The molecule has 0 aromatic carbocycles. The average molecular weight is 222 g/mol. The number of imidazole rings is 1. The van der Waals surface area contributed by atoms with Crippen LogP contribution in [-0.2, 0) is 6.54 Å². The third-order valence-corrected chi connectivity index (χ3v) is 3.55. The lowest BCUT2D eigenvalue weighted by atomic mass is 9.84. The van der Waals surface area contributed by atoms with Gasteiger partial charge in [0.05, 0.1) is 6.33 Å². The molecule has 4 heteroatoms. The van der Waals surface area contributed by atoms with Gasteiger partial charge in [0.15, 0.2) is 0 Å². The zero-order valence-corrected chi connectivity index (χ0v) is 9.81. The van der Waals surface area contributed by atoms with Crippen molar-refractivity contribution in [2.24, 2.45) is 11.7 Å². The van der Waals surface area contributed by atoms with Gasteiger partial charge in [-0.1, -0.05) is 12.8 Å². The van der Waals surface area contributed by atoms with Crippen LogP contribution in [0.3, 0.4) is 0 Å². The molecule has 0 spiro atoms. The highest BCUT2D eigenvalue weighted by atomic mass is 15.1. The lowest BCUT2D eigenvalue weighted by Gasteiger charge is -2.31. The van der Waals surface area contributed by atoms with Crippen molar-refractivity contribution in [2.75, 3.05) is 13.1 Å². The second kappa shape index (κ2) is 6.01. The van der Waals surface area contributed by atoms with Gasteiger partial charge < -0.3 is 15.6 Å². The second-order valence-corrected chi connectivity index (χ2v) is 4.64. The summed E-state index contributed by atoms with van der Waals surface area (Å²) in [4.78, 5) is 4.03. The van der Waals surface area contributed by atoms with Crippen LogP contribution in [0, 0.1) is 5.92 Å². The van der Waals surface area contributed by atoms with Crippen LogP contribution in [-0.4, -0.2) is 28.7 Å². The number of nitrogens with zero attached hydrogens (tertiary/aromatic N) is 2. The Kier molecular flexibility index (Phi) is 4.36. The van der Waals surface area contributed by atoms with Crippen molar-refractivity contribution in [3.8, 4) is 0 Å². The standard InChI is InChI=1S/C12H22N4/c13-9-11-3-1-2-4-12(11)15-6-8-16-7-5-14-10-16/h5,7,10-12,15H,1-4,6,8-9,13H2. The molecular formula is C12H22N4. The molecule has 2 atom stereocenters. The molecule has 1 fully saturated rings. The van der Waals surface area contributed by atoms with Crippen LogP contribution in [0.15, 0.2) is 18.7 Å². The van der Waals surface area contributed by atoms with E-state index in [1.807, 2.05) is 18.7 Å². The summed E-state index contributed by atoms with van der Waals surface area (Å²) in [5, 5.41) is 3.63. The summed E-state index contributed by atoms with van der Waals surface area (Å²) in [5.74, 6) is 0.677. The van der Waals surface area contributed by atoms with Crippen LogP contribution in [0.4, 0.5) is 0 Å². The van der Waals surface area contributed by atoms with E-state index in [0.29, 0.717) is 12.0 Å². The summed E-state index contributed by atoms with van der Waals surface area (Å²) in [6, 6.07) is 0.627. The highest BCUT2D eigenvalue weighted by molar-refractivity contribution is 4.82. The van der Waals surface area contributed by atoms with E-state index in [0.717, 1.165) is 19.6 Å². The van der Waals surface area contributed by atoms with Crippen LogP contribution >= 0.6 is 0 Å². The van der Waals surface area contributed by atoms with E-state index < -0.39 is 0 Å². The van der Waals surface area contributed by atoms with E-state index in [-0.39, 0.29) is 0 Å². The Labute approximate surface area is 97.2 Å². The highest BCUT2D eigenvalue weighted by Crippen LogP contribution is 2.23. The van der Waals surface area contributed by atoms with Crippen LogP contribution in [0.25, 0.3) is 0 Å². The molecule has 0 aliphatic heterocycles. The molecule has 2 rings (SSSR count). The van der Waals surface area contributed by atoms with Crippen molar-refractivity contribution >= 4 is 0 Å². The van der Waals surface area contributed by atoms with Crippen molar-refractivity contribution in [3.05, 3.63) is 18.7 Å². The van der Waals surface area contributed by atoms with Gasteiger partial charge in [-0.2, -0.15) is 0 Å². The summed E-state index contributed by atoms with van der Waals surface area (Å²) in [6.45, 7) is 2.83. The fraction of sp³-hybridized carbons (Fsp3) is 0.750. The van der Waals surface area contributed by atoms with Crippen molar-refractivity contribution in [1.82, 2.24) is 14.9 Å². The number of aromatic nitrogens is 2. The van der Waals surface area contributed by atoms with E-state index in [2.05, 4.69) is 14.9 Å². The van der Waals surface area contributed by atoms with Crippen molar-refractivity contribution in [1.29, 1.82) is 0 Å². The molecule has 1 saturated carbocycles. The third kappa shape index (κ3) is 3.06. The monoisotopic (exact) mass is 222 g/mol. The van der Waals surface area contributed by atoms with Gasteiger partial charge in [-0.15, -0.1) is 0 Å². The summed E-state index contributed by atoms with van der Waals surface area (Å²) < 4.78 is 2.10. The molecule has 90 valence electrons. The first kappa shape index (κ1) is 11.6. The van der Waals surface area contributed by atoms with Crippen LogP contribution < -0.4 is 11.1 Å². The van der Waals surface area contributed by atoms with E-state index in [4.69, 9.17) is 5.73 Å². The minimum atomic E-state index is 0.627. The van der Waals surface area contributed by atoms with Crippen molar-refractivity contribution in [2.45, 2.75) is 38.3 Å².